The number of nitrogens with two attached hydrogens (primary N) is 1. The first-order valence-electron chi connectivity index (χ1n) is 6.65. The Morgan fingerprint density at radius 3 is 2.55 bits per heavy atom. The normalized spacial score (nSPS) is 13.0. The highest BCUT2D eigenvalue weighted by Crippen LogP contribution is 2.21. The molecule has 0 fully saturated rings. The average Bonchev–Trinajstić information content (AvgIpc) is 2.64. The summed E-state index contributed by atoms with van der Waals surface area (Å²) in [5.74, 6) is -0.117. The van der Waals surface area contributed by atoms with Crippen LogP contribution in [-0.4, -0.2) is 29.5 Å². The Labute approximate surface area is 119 Å². The molecule has 2 N–H and O–H groups in total. The molecule has 2 aromatic rings. The van der Waals surface area contributed by atoms with Gasteiger partial charge in [-0.15, -0.1) is 0 Å². The molecule has 1 heterocycles. The van der Waals surface area contributed by atoms with Crippen LogP contribution in [0.2, 0.25) is 0 Å². The highest BCUT2D eigenvalue weighted by atomic mass is 32.2. The van der Waals surface area contributed by atoms with Gasteiger partial charge in [-0.2, -0.15) is 5.10 Å². The average molecular weight is 295 g/mol. The highest BCUT2D eigenvalue weighted by Gasteiger charge is 2.24. The minimum absolute atomic E-state index is 0.0483. The molecule has 0 atom stereocenters. The summed E-state index contributed by atoms with van der Waals surface area (Å²) in [4.78, 5) is 0. The Kier molecular flexibility index (Phi) is 3.88. The molecule has 5 nitrogen and oxygen atoms in total. The first kappa shape index (κ1) is 15.0. The molecule has 110 valence electrons. The van der Waals surface area contributed by atoms with E-state index in [-0.39, 0.29) is 11.5 Å². The third kappa shape index (κ3) is 3.37. The summed E-state index contributed by atoms with van der Waals surface area (Å²) in [6.45, 7) is 6.13. The van der Waals surface area contributed by atoms with Gasteiger partial charge in [0.1, 0.15) is 0 Å². The fourth-order valence-electron chi connectivity index (χ4n) is 2.37. The molecule has 0 amide bonds. The van der Waals surface area contributed by atoms with Crippen LogP contribution in [-0.2, 0) is 22.1 Å². The summed E-state index contributed by atoms with van der Waals surface area (Å²) in [7, 11) is -3.28. The van der Waals surface area contributed by atoms with Crippen LogP contribution in [0.25, 0.3) is 10.9 Å². The molecule has 0 aliphatic heterocycles. The van der Waals surface area contributed by atoms with E-state index < -0.39 is 15.4 Å². The number of fused-ring (bicyclic) bond motifs is 1. The van der Waals surface area contributed by atoms with Crippen molar-refractivity contribution >= 4 is 20.7 Å². The van der Waals surface area contributed by atoms with Gasteiger partial charge < -0.3 is 5.73 Å². The molecule has 6 heteroatoms. The van der Waals surface area contributed by atoms with Gasteiger partial charge in [-0.05, 0) is 26.8 Å². The highest BCUT2D eigenvalue weighted by molar-refractivity contribution is 7.90. The lowest BCUT2D eigenvalue weighted by atomic mass is 10.1. The van der Waals surface area contributed by atoms with Gasteiger partial charge in [0.15, 0.2) is 9.84 Å². The van der Waals surface area contributed by atoms with Crippen LogP contribution in [0.4, 0.5) is 0 Å². The Morgan fingerprint density at radius 2 is 1.95 bits per heavy atom. The van der Waals surface area contributed by atoms with Crippen LogP contribution in [0.5, 0.6) is 0 Å². The monoisotopic (exact) mass is 295 g/mol. The number of para-hydroxylation sites is 1. The van der Waals surface area contributed by atoms with Crippen LogP contribution < -0.4 is 5.73 Å². The zero-order valence-corrected chi connectivity index (χ0v) is 12.9. The molecule has 2 rings (SSSR count). The van der Waals surface area contributed by atoms with Crippen molar-refractivity contribution < 1.29 is 8.42 Å². The zero-order chi connectivity index (χ0) is 15.0. The molecule has 0 radical (unpaired) electrons. The molecule has 1 aromatic carbocycles. The lowest BCUT2D eigenvalue weighted by Gasteiger charge is -2.17. The van der Waals surface area contributed by atoms with Crippen molar-refractivity contribution in [2.45, 2.75) is 38.6 Å². The van der Waals surface area contributed by atoms with Crippen molar-refractivity contribution in [1.82, 2.24) is 9.78 Å². The van der Waals surface area contributed by atoms with E-state index in [2.05, 4.69) is 5.10 Å². The Hall–Kier alpha value is -1.40. The quantitative estimate of drug-likeness (QED) is 0.911. The van der Waals surface area contributed by atoms with Gasteiger partial charge in [-0.1, -0.05) is 18.2 Å². The Morgan fingerprint density at radius 1 is 1.30 bits per heavy atom. The lowest BCUT2D eigenvalue weighted by Crippen LogP contribution is -2.40. The van der Waals surface area contributed by atoms with Crippen molar-refractivity contribution in [2.24, 2.45) is 5.73 Å². The maximum absolute atomic E-state index is 12.2. The molecule has 0 spiro atoms. The van der Waals surface area contributed by atoms with Crippen LogP contribution in [0.1, 0.15) is 26.5 Å². The van der Waals surface area contributed by atoms with Gasteiger partial charge in [0.05, 0.1) is 22.7 Å². The van der Waals surface area contributed by atoms with Gasteiger partial charge >= 0.3 is 0 Å². The van der Waals surface area contributed by atoms with E-state index >= 15 is 0 Å². The van der Waals surface area contributed by atoms with Gasteiger partial charge in [-0.25, -0.2) is 8.42 Å². The Balaban J connectivity index is 2.40. The number of aryl methyl sites for hydroxylation is 1. The van der Waals surface area contributed by atoms with E-state index in [1.54, 1.807) is 13.8 Å². The van der Waals surface area contributed by atoms with E-state index in [9.17, 15) is 8.42 Å². The third-order valence-corrected chi connectivity index (χ3v) is 4.88. The minimum Gasteiger partial charge on any atom is -0.325 e. The second-order valence-corrected chi connectivity index (χ2v) is 7.86. The van der Waals surface area contributed by atoms with Crippen LogP contribution >= 0.6 is 0 Å². The second kappa shape index (κ2) is 5.18. The van der Waals surface area contributed by atoms with Crippen molar-refractivity contribution in [2.75, 3.05) is 5.75 Å². The number of benzene rings is 1. The number of rotatable bonds is 5. The number of aromatic nitrogens is 2. The van der Waals surface area contributed by atoms with Crippen LogP contribution in [0, 0.1) is 0 Å². The standard InChI is InChI=1S/C14H21N3O2S/c1-4-17-13-8-6-5-7-11(13)12(16-17)9-20(18,19)10-14(2,3)15/h5-8H,4,9-10,15H2,1-3H3. The van der Waals surface area contributed by atoms with Crippen LogP contribution in [0.15, 0.2) is 24.3 Å². The number of hydrogen-bond acceptors (Lipinski definition) is 4. The Bertz CT molecular complexity index is 712. The van der Waals surface area contributed by atoms with E-state index in [0.29, 0.717) is 12.2 Å². The fraction of sp³-hybridized carbons (Fsp3) is 0.500. The summed E-state index contributed by atoms with van der Waals surface area (Å²) in [6.07, 6.45) is 0. The molecule has 0 unspecified atom stereocenters. The molecule has 0 bridgehead atoms. The van der Waals surface area contributed by atoms with Crippen molar-refractivity contribution in [1.29, 1.82) is 0 Å². The minimum atomic E-state index is -3.28. The van der Waals surface area contributed by atoms with Gasteiger partial charge in [0.2, 0.25) is 0 Å². The van der Waals surface area contributed by atoms with E-state index in [4.69, 9.17) is 5.73 Å². The lowest BCUT2D eigenvalue weighted by molar-refractivity contribution is 0.543. The molecule has 20 heavy (non-hydrogen) atoms. The van der Waals surface area contributed by atoms with E-state index in [0.717, 1.165) is 10.9 Å². The predicted octanol–water partition coefficient (Wildman–Crippen LogP) is 1.71. The molecule has 0 aliphatic rings. The second-order valence-electron chi connectivity index (χ2n) is 5.80. The van der Waals surface area contributed by atoms with E-state index in [1.165, 1.54) is 0 Å². The van der Waals surface area contributed by atoms with Crippen molar-refractivity contribution in [3.8, 4) is 0 Å². The van der Waals surface area contributed by atoms with Gasteiger partial charge in [0, 0.05) is 17.5 Å². The van der Waals surface area contributed by atoms with Gasteiger partial charge in [0.25, 0.3) is 0 Å². The largest absolute Gasteiger partial charge is 0.325 e. The molecule has 0 saturated heterocycles. The maximum atomic E-state index is 12.2. The van der Waals surface area contributed by atoms with Crippen molar-refractivity contribution in [3.05, 3.63) is 30.0 Å². The van der Waals surface area contributed by atoms with Crippen LogP contribution in [0.3, 0.4) is 0 Å². The molecular weight excluding hydrogens is 274 g/mol. The SMILES string of the molecule is CCn1nc(CS(=O)(=O)CC(C)(C)N)c2ccccc21. The van der Waals surface area contributed by atoms with Crippen molar-refractivity contribution in [3.63, 3.8) is 0 Å². The summed E-state index contributed by atoms with van der Waals surface area (Å²) in [5, 5.41) is 5.32. The number of nitrogens with zero attached hydrogens (tertiary/aromatic N) is 2. The zero-order valence-electron chi connectivity index (χ0n) is 12.1. The fourth-order valence-corrected chi connectivity index (χ4v) is 4.24. The van der Waals surface area contributed by atoms with Gasteiger partial charge in [-0.3, -0.25) is 4.68 Å². The molecule has 0 saturated carbocycles. The molecular formula is C14H21N3O2S. The number of sulfone groups is 1. The summed E-state index contributed by atoms with van der Waals surface area (Å²) >= 11 is 0. The van der Waals surface area contributed by atoms with E-state index in [1.807, 2.05) is 35.9 Å². The summed E-state index contributed by atoms with van der Waals surface area (Å²) < 4.78 is 26.3. The number of hydrogen-bond donors (Lipinski definition) is 1. The topological polar surface area (TPSA) is 78.0 Å². The smallest absolute Gasteiger partial charge is 0.157 e. The summed E-state index contributed by atoms with van der Waals surface area (Å²) in [5.41, 5.74) is 6.65. The molecule has 1 aromatic heterocycles. The first-order chi connectivity index (χ1) is 9.22. The third-order valence-electron chi connectivity index (χ3n) is 2.98. The summed E-state index contributed by atoms with van der Waals surface area (Å²) in [6, 6.07) is 7.69. The predicted molar refractivity (Wildman–Crippen MR) is 81.2 cm³/mol. The molecule has 0 aliphatic carbocycles. The first-order valence-corrected chi connectivity index (χ1v) is 8.48. The maximum Gasteiger partial charge on any atom is 0.157 e.